The highest BCUT2D eigenvalue weighted by Crippen LogP contribution is 2.44. The number of nitrogens with one attached hydrogen (secondary N) is 1. The summed E-state index contributed by atoms with van der Waals surface area (Å²) in [5.41, 5.74) is 9.44. The van der Waals surface area contributed by atoms with Gasteiger partial charge in [-0.1, -0.05) is 0 Å². The van der Waals surface area contributed by atoms with Gasteiger partial charge in [0.15, 0.2) is 0 Å². The Morgan fingerprint density at radius 2 is 1.94 bits per heavy atom. The molecule has 3 N–H and O–H groups in total. The van der Waals surface area contributed by atoms with Crippen LogP contribution in [0, 0.1) is 11.7 Å². The lowest BCUT2D eigenvalue weighted by Gasteiger charge is -2.37. The van der Waals surface area contributed by atoms with Crippen molar-refractivity contribution < 1.29 is 13.9 Å². The zero-order valence-electron chi connectivity index (χ0n) is 18.8. The highest BCUT2D eigenvalue weighted by atomic mass is 19.1. The van der Waals surface area contributed by atoms with Crippen molar-refractivity contribution in [2.75, 3.05) is 18.0 Å². The first-order valence-corrected chi connectivity index (χ1v) is 11.6. The van der Waals surface area contributed by atoms with Gasteiger partial charge in [-0.15, -0.1) is 0 Å². The van der Waals surface area contributed by atoms with Crippen molar-refractivity contribution in [2.24, 2.45) is 16.6 Å². The van der Waals surface area contributed by atoms with E-state index in [-0.39, 0.29) is 29.7 Å². The first kappa shape index (κ1) is 21.6. The summed E-state index contributed by atoms with van der Waals surface area (Å²) in [6.45, 7) is 3.81. The summed E-state index contributed by atoms with van der Waals surface area (Å²) in [6, 6.07) is 10.3. The quantitative estimate of drug-likeness (QED) is 0.654. The smallest absolute Gasteiger partial charge is 0.230 e. The number of rotatable bonds is 6. The van der Waals surface area contributed by atoms with Crippen molar-refractivity contribution in [3.8, 4) is 11.5 Å². The van der Waals surface area contributed by atoms with E-state index in [1.165, 1.54) is 18.3 Å². The second kappa shape index (κ2) is 8.98. The maximum Gasteiger partial charge on any atom is 0.230 e. The van der Waals surface area contributed by atoms with Gasteiger partial charge in [0, 0.05) is 54.2 Å². The molecule has 6 nitrogen and oxygen atoms in total. The monoisotopic (exact) mass is 448 g/mol. The number of carbonyl (C=O) groups is 1. The molecule has 7 heteroatoms. The summed E-state index contributed by atoms with van der Waals surface area (Å²) in [7, 11) is 0. The molecule has 1 saturated carbocycles. The fourth-order valence-corrected chi connectivity index (χ4v) is 4.40. The molecule has 1 unspecified atom stereocenters. The van der Waals surface area contributed by atoms with Crippen LogP contribution in [0.4, 0.5) is 10.1 Å². The summed E-state index contributed by atoms with van der Waals surface area (Å²) in [5, 5.41) is 3.21. The number of halogens is 1. The van der Waals surface area contributed by atoms with E-state index in [1.54, 1.807) is 18.3 Å². The standard InChI is InChI=1S/C26H29FN4O2/c1-16-2-9-23-24(31(16)26(32)17-3-4-17)11-10-22(18(12-28)13-30-20-14-29-15-20)25(23)33-21-7-5-19(27)6-8-21/h5-8,10-13,16-17,20,29H,2-4,9,14-15,28H2,1H3. The van der Waals surface area contributed by atoms with E-state index in [0.29, 0.717) is 11.5 Å². The van der Waals surface area contributed by atoms with Crippen LogP contribution in [0.25, 0.3) is 5.57 Å². The number of ether oxygens (including phenoxy) is 1. The van der Waals surface area contributed by atoms with E-state index in [4.69, 9.17) is 10.5 Å². The first-order valence-electron chi connectivity index (χ1n) is 11.6. The number of carbonyl (C=O) groups excluding carboxylic acids is 1. The SMILES string of the molecule is CC1CCc2c(ccc(C(C=NC3CNC3)=CN)c2Oc2ccc(F)cc2)N1C(=O)C1CC1. The van der Waals surface area contributed by atoms with Crippen LogP contribution in [0.5, 0.6) is 11.5 Å². The number of allylic oxidation sites excluding steroid dienone is 1. The number of fused-ring (bicyclic) bond motifs is 1. The number of benzene rings is 2. The van der Waals surface area contributed by atoms with E-state index in [1.807, 2.05) is 17.0 Å². The third-order valence-electron chi connectivity index (χ3n) is 6.62. The first-order chi connectivity index (χ1) is 16.0. The molecule has 0 bridgehead atoms. The molecule has 33 heavy (non-hydrogen) atoms. The fourth-order valence-electron chi connectivity index (χ4n) is 4.40. The molecule has 3 aliphatic rings. The topological polar surface area (TPSA) is 80.0 Å². The van der Waals surface area contributed by atoms with Crippen LogP contribution < -0.4 is 20.7 Å². The number of anilines is 1. The predicted octanol–water partition coefficient (Wildman–Crippen LogP) is 4.04. The molecule has 0 radical (unpaired) electrons. The Hall–Kier alpha value is -3.19. The Kier molecular flexibility index (Phi) is 5.89. The van der Waals surface area contributed by atoms with Crippen molar-refractivity contribution in [2.45, 2.75) is 44.7 Å². The molecule has 2 aliphatic heterocycles. The lowest BCUT2D eigenvalue weighted by Crippen LogP contribution is -2.45. The zero-order chi connectivity index (χ0) is 22.9. The number of nitrogens with zero attached hydrogens (tertiary/aromatic N) is 2. The Labute approximate surface area is 193 Å². The van der Waals surface area contributed by atoms with Crippen LogP contribution in [0.3, 0.4) is 0 Å². The summed E-state index contributed by atoms with van der Waals surface area (Å²) < 4.78 is 19.9. The van der Waals surface area contributed by atoms with Crippen LogP contribution >= 0.6 is 0 Å². The van der Waals surface area contributed by atoms with Gasteiger partial charge in [0.05, 0.1) is 11.7 Å². The van der Waals surface area contributed by atoms with Crippen LogP contribution in [0.1, 0.15) is 37.3 Å². The largest absolute Gasteiger partial charge is 0.456 e. The van der Waals surface area contributed by atoms with Crippen LogP contribution in [0.15, 0.2) is 47.6 Å². The molecule has 0 spiro atoms. The number of nitrogens with two attached hydrogens (primary N) is 1. The molecule has 2 fully saturated rings. The lowest BCUT2D eigenvalue weighted by molar-refractivity contribution is -0.120. The third-order valence-corrected chi connectivity index (χ3v) is 6.62. The average Bonchev–Trinajstić information content (AvgIpc) is 3.62. The number of amides is 1. The maximum absolute atomic E-state index is 13.5. The average molecular weight is 449 g/mol. The third kappa shape index (κ3) is 4.37. The minimum absolute atomic E-state index is 0.127. The second-order valence-electron chi connectivity index (χ2n) is 9.08. The highest BCUT2D eigenvalue weighted by molar-refractivity contribution is 6.11. The number of aliphatic imine (C=N–C) groups is 1. The minimum Gasteiger partial charge on any atom is -0.456 e. The van der Waals surface area contributed by atoms with E-state index < -0.39 is 0 Å². The van der Waals surface area contributed by atoms with Gasteiger partial charge in [-0.3, -0.25) is 9.79 Å². The second-order valence-corrected chi connectivity index (χ2v) is 9.08. The molecule has 2 aromatic rings. The predicted molar refractivity (Wildman–Crippen MR) is 128 cm³/mol. The Bertz CT molecular complexity index is 1100. The zero-order valence-corrected chi connectivity index (χ0v) is 18.8. The van der Waals surface area contributed by atoms with Gasteiger partial charge >= 0.3 is 0 Å². The van der Waals surface area contributed by atoms with Crippen LogP contribution in [0.2, 0.25) is 0 Å². The van der Waals surface area contributed by atoms with Gasteiger partial charge < -0.3 is 20.7 Å². The van der Waals surface area contributed by atoms with Gasteiger partial charge in [0.1, 0.15) is 17.3 Å². The molecule has 0 aromatic heterocycles. The molecule has 2 aromatic carbocycles. The maximum atomic E-state index is 13.5. The highest BCUT2D eigenvalue weighted by Gasteiger charge is 2.39. The minimum atomic E-state index is -0.323. The number of hydrogen-bond donors (Lipinski definition) is 2. The van der Waals surface area contributed by atoms with Gasteiger partial charge in [-0.2, -0.15) is 0 Å². The molecular formula is C26H29FN4O2. The van der Waals surface area contributed by atoms with E-state index in [0.717, 1.165) is 61.2 Å². The van der Waals surface area contributed by atoms with Gasteiger partial charge in [0.2, 0.25) is 5.91 Å². The Morgan fingerprint density at radius 1 is 1.18 bits per heavy atom. The summed E-state index contributed by atoms with van der Waals surface area (Å²) in [5.74, 6) is 1.17. The van der Waals surface area contributed by atoms with Crippen molar-refractivity contribution >= 4 is 23.4 Å². The van der Waals surface area contributed by atoms with Crippen molar-refractivity contribution in [3.05, 3.63) is 59.5 Å². The molecule has 1 aliphatic carbocycles. The summed E-state index contributed by atoms with van der Waals surface area (Å²) in [6.07, 6.45) is 6.87. The van der Waals surface area contributed by atoms with Crippen molar-refractivity contribution in [1.82, 2.24) is 5.32 Å². The fraction of sp³-hybridized carbons (Fsp3) is 0.385. The lowest BCUT2D eigenvalue weighted by atomic mass is 9.91. The summed E-state index contributed by atoms with van der Waals surface area (Å²) in [4.78, 5) is 19.7. The Balaban J connectivity index is 1.58. The Morgan fingerprint density at radius 3 is 2.58 bits per heavy atom. The molecule has 5 rings (SSSR count). The molecule has 1 atom stereocenters. The van der Waals surface area contributed by atoms with Gasteiger partial charge in [-0.05, 0) is 69.0 Å². The van der Waals surface area contributed by atoms with E-state index >= 15 is 0 Å². The summed E-state index contributed by atoms with van der Waals surface area (Å²) >= 11 is 0. The van der Waals surface area contributed by atoms with Gasteiger partial charge in [0.25, 0.3) is 0 Å². The molecular weight excluding hydrogens is 419 g/mol. The normalized spacial score (nSPS) is 21.1. The molecule has 172 valence electrons. The van der Waals surface area contributed by atoms with Gasteiger partial charge in [-0.25, -0.2) is 4.39 Å². The van der Waals surface area contributed by atoms with E-state index in [9.17, 15) is 9.18 Å². The number of hydrogen-bond acceptors (Lipinski definition) is 5. The molecule has 1 saturated heterocycles. The van der Waals surface area contributed by atoms with Crippen LogP contribution in [-0.4, -0.2) is 37.3 Å². The molecule has 2 heterocycles. The van der Waals surface area contributed by atoms with Crippen molar-refractivity contribution in [3.63, 3.8) is 0 Å². The van der Waals surface area contributed by atoms with Crippen molar-refractivity contribution in [1.29, 1.82) is 0 Å². The van der Waals surface area contributed by atoms with E-state index in [2.05, 4.69) is 17.2 Å². The molecule has 1 amide bonds. The van der Waals surface area contributed by atoms with Crippen LogP contribution in [-0.2, 0) is 11.2 Å².